The lowest BCUT2D eigenvalue weighted by molar-refractivity contribution is -0.268. The van der Waals surface area contributed by atoms with E-state index in [2.05, 4.69) is 52.0 Å². The highest BCUT2D eigenvalue weighted by atomic mass is 32.2. The van der Waals surface area contributed by atoms with Gasteiger partial charge < -0.3 is 19.9 Å². The monoisotopic (exact) mass is 621 g/mol. The van der Waals surface area contributed by atoms with Crippen molar-refractivity contribution in [3.05, 3.63) is 131 Å². The average Bonchev–Trinajstić information content (AvgIpc) is 3.51. The minimum Gasteiger partial charge on any atom is -0.392 e. The summed E-state index contributed by atoms with van der Waals surface area (Å²) in [6, 6.07) is 33.5. The van der Waals surface area contributed by atoms with Crippen LogP contribution in [0, 0.1) is 5.92 Å². The molecule has 2 N–H and O–H groups in total. The molecule has 2 heterocycles. The van der Waals surface area contributed by atoms with E-state index in [1.165, 1.54) is 0 Å². The molecule has 0 spiro atoms. The van der Waals surface area contributed by atoms with Gasteiger partial charge in [0.05, 0.1) is 18.8 Å². The quantitative estimate of drug-likeness (QED) is 0.186. The number of aliphatic hydroxyl groups excluding tert-OH is 1. The van der Waals surface area contributed by atoms with Crippen LogP contribution in [0.15, 0.2) is 108 Å². The zero-order valence-electron chi connectivity index (χ0n) is 25.1. The Balaban J connectivity index is 1.22. The summed E-state index contributed by atoms with van der Waals surface area (Å²) < 4.78 is 15.0. The van der Waals surface area contributed by atoms with Crippen molar-refractivity contribution in [3.8, 4) is 11.1 Å². The lowest BCUT2D eigenvalue weighted by Crippen LogP contribution is -2.38. The number of thioether (sulfide) groups is 1. The third kappa shape index (κ3) is 7.32. The Hall–Kier alpha value is -4.35. The number of hydrogen-bond donors (Lipinski definition) is 2. The second-order valence-electron chi connectivity index (χ2n) is 11.1. The van der Waals surface area contributed by atoms with Gasteiger partial charge in [-0.3, -0.25) is 4.79 Å². The van der Waals surface area contributed by atoms with Crippen molar-refractivity contribution in [2.75, 3.05) is 5.75 Å². The Kier molecular flexibility index (Phi) is 9.66. The number of rotatable bonds is 10. The topological polar surface area (TPSA) is 111 Å². The van der Waals surface area contributed by atoms with E-state index >= 15 is 0 Å². The number of hydrogen-bond acceptors (Lipinski definition) is 8. The summed E-state index contributed by atoms with van der Waals surface area (Å²) in [7, 11) is 1.82. The number of aryl methyl sites for hydroxylation is 1. The van der Waals surface area contributed by atoms with Gasteiger partial charge in [0, 0.05) is 36.4 Å². The lowest BCUT2D eigenvalue weighted by atomic mass is 9.91. The Morgan fingerprint density at radius 1 is 0.889 bits per heavy atom. The van der Waals surface area contributed by atoms with Gasteiger partial charge >= 0.3 is 0 Å². The minimum absolute atomic E-state index is 0.00845. The molecule has 4 atom stereocenters. The van der Waals surface area contributed by atoms with Crippen molar-refractivity contribution in [1.29, 1.82) is 0 Å². The van der Waals surface area contributed by atoms with Crippen LogP contribution in [0.5, 0.6) is 0 Å². The number of nitrogens with zero attached hydrogens (tertiary/aromatic N) is 4. The summed E-state index contributed by atoms with van der Waals surface area (Å²) in [4.78, 5) is 12.6. The Morgan fingerprint density at radius 2 is 1.64 bits per heavy atom. The molecule has 1 saturated heterocycles. The van der Waals surface area contributed by atoms with E-state index in [1.54, 1.807) is 28.6 Å². The molecule has 5 aromatic rings. The van der Waals surface area contributed by atoms with Gasteiger partial charge in [-0.25, -0.2) is 4.68 Å². The third-order valence-corrected chi connectivity index (χ3v) is 9.09. The number of carbonyl (C=O) groups excluding carboxylic acids is 1. The van der Waals surface area contributed by atoms with Crippen LogP contribution >= 0.6 is 11.8 Å². The van der Waals surface area contributed by atoms with E-state index in [0.29, 0.717) is 17.9 Å². The Labute approximate surface area is 266 Å². The normalized spacial score (nSPS) is 19.7. The fourth-order valence-electron chi connectivity index (χ4n) is 5.41. The SMILES string of the molecule is C[C@H]1[C@@H](CSc2nnnn2C)O[C@@H](c2cccc(-c3cccc(CNC(=O)c4ccccc4)c3)c2)O[C@H]1c1ccc(CO)cc1. The number of ether oxygens (including phenoxy) is 2. The number of aliphatic hydroxyl groups is 1. The van der Waals surface area contributed by atoms with E-state index in [4.69, 9.17) is 9.47 Å². The second-order valence-corrected chi connectivity index (χ2v) is 12.1. The van der Waals surface area contributed by atoms with Crippen molar-refractivity contribution in [1.82, 2.24) is 25.5 Å². The van der Waals surface area contributed by atoms with Crippen molar-refractivity contribution >= 4 is 17.7 Å². The number of benzene rings is 4. The number of carbonyl (C=O) groups is 1. The number of aromatic nitrogens is 4. The Morgan fingerprint density at radius 3 is 2.38 bits per heavy atom. The molecular formula is C35H35N5O4S. The van der Waals surface area contributed by atoms with Gasteiger partial charge in [0.15, 0.2) is 6.29 Å². The summed E-state index contributed by atoms with van der Waals surface area (Å²) in [5.74, 6) is 0.588. The first kappa shape index (κ1) is 30.7. The van der Waals surface area contributed by atoms with Crippen LogP contribution in [0.4, 0.5) is 0 Å². The van der Waals surface area contributed by atoms with Gasteiger partial charge in [-0.1, -0.05) is 97.5 Å². The minimum atomic E-state index is -0.597. The number of tetrazole rings is 1. The van der Waals surface area contributed by atoms with Gasteiger partial charge in [-0.15, -0.1) is 5.10 Å². The zero-order chi connectivity index (χ0) is 31.2. The average molecular weight is 622 g/mol. The first-order valence-corrected chi connectivity index (χ1v) is 15.9. The largest absolute Gasteiger partial charge is 0.392 e. The van der Waals surface area contributed by atoms with Crippen molar-refractivity contribution in [2.24, 2.45) is 13.0 Å². The molecule has 0 bridgehead atoms. The predicted molar refractivity (Wildman–Crippen MR) is 172 cm³/mol. The standard InChI is InChI=1S/C35H35N5O4S/c1-23-31(22-45-35-37-38-39-40(35)2)43-34(44-32(23)26-16-14-24(21-41)15-17-26)30-13-7-12-29(19-30)28-11-6-8-25(18-28)20-36-33(42)27-9-4-3-5-10-27/h3-19,23,31-32,34,41H,20-22H2,1-2H3,(H,36,42)/t23-,31+,32+,34+/m0/s1. The fraction of sp³-hybridized carbons (Fsp3) is 0.257. The maximum Gasteiger partial charge on any atom is 0.251 e. The molecule has 1 aliphatic heterocycles. The smallest absolute Gasteiger partial charge is 0.251 e. The summed E-state index contributed by atoms with van der Waals surface area (Å²) >= 11 is 1.55. The van der Waals surface area contributed by atoms with Gasteiger partial charge in [-0.05, 0) is 62.5 Å². The highest BCUT2D eigenvalue weighted by molar-refractivity contribution is 7.99. The van der Waals surface area contributed by atoms with Crippen molar-refractivity contribution in [2.45, 2.75) is 43.7 Å². The third-order valence-electron chi connectivity index (χ3n) is 7.99. The maximum absolute atomic E-state index is 12.6. The summed E-state index contributed by atoms with van der Waals surface area (Å²) in [6.45, 7) is 2.55. The van der Waals surface area contributed by atoms with Gasteiger partial charge in [0.25, 0.3) is 5.91 Å². The van der Waals surface area contributed by atoms with Crippen LogP contribution in [-0.2, 0) is 29.7 Å². The van der Waals surface area contributed by atoms with Crippen molar-refractivity contribution in [3.63, 3.8) is 0 Å². The van der Waals surface area contributed by atoms with Crippen LogP contribution < -0.4 is 5.32 Å². The number of amides is 1. The van der Waals surface area contributed by atoms with Gasteiger partial charge in [0.1, 0.15) is 0 Å². The molecule has 230 valence electrons. The molecule has 4 aromatic carbocycles. The molecule has 9 nitrogen and oxygen atoms in total. The van der Waals surface area contributed by atoms with Crippen molar-refractivity contribution < 1.29 is 19.4 Å². The molecule has 0 radical (unpaired) electrons. The highest BCUT2D eigenvalue weighted by Gasteiger charge is 2.38. The molecule has 1 fully saturated rings. The van der Waals surface area contributed by atoms with Gasteiger partial charge in [-0.2, -0.15) is 0 Å². The van der Waals surface area contributed by atoms with E-state index in [0.717, 1.165) is 38.5 Å². The molecule has 10 heteroatoms. The molecule has 1 aliphatic rings. The van der Waals surface area contributed by atoms with Crippen LogP contribution in [0.25, 0.3) is 11.1 Å². The molecule has 6 rings (SSSR count). The van der Waals surface area contributed by atoms with Crippen LogP contribution in [-0.4, -0.2) is 43.1 Å². The highest BCUT2D eigenvalue weighted by Crippen LogP contribution is 2.43. The summed E-state index contributed by atoms with van der Waals surface area (Å²) in [5.41, 5.74) is 6.49. The molecule has 0 saturated carbocycles. The lowest BCUT2D eigenvalue weighted by Gasteiger charge is -2.41. The first-order valence-electron chi connectivity index (χ1n) is 14.9. The van der Waals surface area contributed by atoms with Crippen LogP contribution in [0.2, 0.25) is 0 Å². The number of nitrogens with one attached hydrogen (secondary N) is 1. The van der Waals surface area contributed by atoms with Crippen LogP contribution in [0.3, 0.4) is 0 Å². The summed E-state index contributed by atoms with van der Waals surface area (Å²) in [6.07, 6.45) is -0.965. The second kappa shape index (κ2) is 14.2. The zero-order valence-corrected chi connectivity index (χ0v) is 25.9. The van der Waals surface area contributed by atoms with E-state index in [-0.39, 0.29) is 30.6 Å². The van der Waals surface area contributed by atoms with E-state index in [1.807, 2.05) is 73.8 Å². The molecular weight excluding hydrogens is 586 g/mol. The Bertz CT molecular complexity index is 1730. The maximum atomic E-state index is 12.6. The first-order chi connectivity index (χ1) is 22.0. The van der Waals surface area contributed by atoms with E-state index in [9.17, 15) is 9.90 Å². The van der Waals surface area contributed by atoms with Gasteiger partial charge in [0.2, 0.25) is 5.16 Å². The molecule has 1 amide bonds. The predicted octanol–water partition coefficient (Wildman–Crippen LogP) is 5.88. The molecule has 1 aromatic heterocycles. The molecule has 0 unspecified atom stereocenters. The van der Waals surface area contributed by atoms with Crippen LogP contribution in [0.1, 0.15) is 51.9 Å². The van der Waals surface area contributed by atoms with E-state index < -0.39 is 6.29 Å². The summed E-state index contributed by atoms with van der Waals surface area (Å²) in [5, 5.41) is 25.1. The fourth-order valence-corrected chi connectivity index (χ4v) is 6.42. The molecule has 45 heavy (non-hydrogen) atoms. The molecule has 0 aliphatic carbocycles.